The van der Waals surface area contributed by atoms with Crippen molar-refractivity contribution in [1.29, 1.82) is 0 Å². The summed E-state index contributed by atoms with van der Waals surface area (Å²) < 4.78 is 4.32. The number of aryl methyl sites for hydroxylation is 2. The fourth-order valence-electron chi connectivity index (χ4n) is 3.38. The third-order valence-electron chi connectivity index (χ3n) is 4.70. The van der Waals surface area contributed by atoms with Gasteiger partial charge in [-0.15, -0.1) is 11.3 Å². The lowest BCUT2D eigenvalue weighted by Gasteiger charge is -2.12. The van der Waals surface area contributed by atoms with Gasteiger partial charge in [-0.1, -0.05) is 23.7 Å². The van der Waals surface area contributed by atoms with Crippen LogP contribution in [-0.4, -0.2) is 26.2 Å². The van der Waals surface area contributed by atoms with E-state index in [4.69, 9.17) is 17.3 Å². The zero-order chi connectivity index (χ0) is 20.7. The molecule has 0 radical (unpaired) electrons. The highest BCUT2D eigenvalue weighted by molar-refractivity contribution is 7.17. The van der Waals surface area contributed by atoms with Crippen LogP contribution in [0.15, 0.2) is 41.8 Å². The second-order valence-electron chi connectivity index (χ2n) is 6.66. The number of anilines is 1. The molecular weight excluding hydrogens is 410 g/mol. The molecule has 4 aromatic rings. The largest absolute Gasteiger partial charge is 0.364 e. The molecule has 0 saturated carbocycles. The molecule has 0 aliphatic carbocycles. The summed E-state index contributed by atoms with van der Waals surface area (Å²) in [6, 6.07) is 11.3. The second-order valence-corrected chi connectivity index (χ2v) is 8.05. The number of nitrogens with one attached hydrogen (secondary N) is 1. The van der Waals surface area contributed by atoms with Gasteiger partial charge in [-0.2, -0.15) is 5.10 Å². The summed E-state index contributed by atoms with van der Waals surface area (Å²) in [5.41, 5.74) is 8.94. The Morgan fingerprint density at radius 1 is 1.24 bits per heavy atom. The minimum atomic E-state index is -0.652. The first-order valence-corrected chi connectivity index (χ1v) is 10.1. The predicted molar refractivity (Wildman–Crippen MR) is 115 cm³/mol. The predicted octanol–water partition coefficient (Wildman–Crippen LogP) is 3.80. The lowest BCUT2D eigenvalue weighted by molar-refractivity contribution is 0.0992. The van der Waals surface area contributed by atoms with Crippen LogP contribution in [0, 0.1) is 6.92 Å². The van der Waals surface area contributed by atoms with Crippen LogP contribution >= 0.6 is 22.9 Å². The Bertz CT molecular complexity index is 1240. The molecule has 9 heteroatoms. The van der Waals surface area contributed by atoms with Crippen LogP contribution in [0.25, 0.3) is 10.2 Å². The zero-order valence-corrected chi connectivity index (χ0v) is 17.3. The zero-order valence-electron chi connectivity index (χ0n) is 15.8. The van der Waals surface area contributed by atoms with Crippen molar-refractivity contribution in [2.75, 3.05) is 5.32 Å². The molecule has 0 bridgehead atoms. The Hall–Kier alpha value is -3.10. The molecule has 0 spiro atoms. The molecule has 0 atom stereocenters. The smallest absolute Gasteiger partial charge is 0.272 e. The Labute approximate surface area is 175 Å². The summed E-state index contributed by atoms with van der Waals surface area (Å²) in [6.45, 7) is 2.22. The molecule has 0 fully saturated rings. The number of aromatic nitrogens is 3. The van der Waals surface area contributed by atoms with Crippen LogP contribution in [-0.2, 0) is 13.6 Å². The molecule has 0 aliphatic heterocycles. The van der Waals surface area contributed by atoms with Gasteiger partial charge in [-0.05, 0) is 42.1 Å². The summed E-state index contributed by atoms with van der Waals surface area (Å²) in [6.07, 6.45) is 0. The number of amides is 2. The van der Waals surface area contributed by atoms with Gasteiger partial charge in [0.1, 0.15) is 11.4 Å². The lowest BCUT2D eigenvalue weighted by atomic mass is 10.2. The topological polar surface area (TPSA) is 94.9 Å². The standard InChI is InChI=1S/C20H18ClN5O2S/c1-11-17(18(19(22)27)25(2)24-11)23-20(28)15-9-16-14(7-8-29-16)26(15)10-12-3-5-13(21)6-4-12/h3-9H,10H2,1-2H3,(H2,22,27)(H,23,28). The summed E-state index contributed by atoms with van der Waals surface area (Å²) in [7, 11) is 1.61. The van der Waals surface area contributed by atoms with Crippen LogP contribution in [0.4, 0.5) is 5.69 Å². The van der Waals surface area contributed by atoms with Gasteiger partial charge in [-0.3, -0.25) is 14.3 Å². The van der Waals surface area contributed by atoms with Gasteiger partial charge in [0.25, 0.3) is 11.8 Å². The number of fused-ring (bicyclic) bond motifs is 1. The molecule has 1 aromatic carbocycles. The van der Waals surface area contributed by atoms with E-state index < -0.39 is 5.91 Å². The van der Waals surface area contributed by atoms with Gasteiger partial charge < -0.3 is 15.6 Å². The molecule has 0 unspecified atom stereocenters. The van der Waals surface area contributed by atoms with Crippen LogP contribution in [0.5, 0.6) is 0 Å². The van der Waals surface area contributed by atoms with E-state index in [1.165, 1.54) is 4.68 Å². The van der Waals surface area contributed by atoms with Crippen LogP contribution < -0.4 is 11.1 Å². The Morgan fingerprint density at radius 3 is 2.66 bits per heavy atom. The minimum absolute atomic E-state index is 0.161. The van der Waals surface area contributed by atoms with E-state index in [2.05, 4.69) is 10.4 Å². The molecular formula is C20H18ClN5O2S. The second kappa shape index (κ2) is 7.38. The van der Waals surface area contributed by atoms with E-state index in [0.717, 1.165) is 15.8 Å². The number of hydrogen-bond acceptors (Lipinski definition) is 4. The number of carbonyl (C=O) groups excluding carboxylic acids is 2. The van der Waals surface area contributed by atoms with Crippen molar-refractivity contribution in [2.24, 2.45) is 12.8 Å². The maximum atomic E-state index is 13.1. The number of rotatable bonds is 5. The van der Waals surface area contributed by atoms with Crippen molar-refractivity contribution < 1.29 is 9.59 Å². The number of primary amides is 1. The minimum Gasteiger partial charge on any atom is -0.364 e. The molecule has 148 valence electrons. The quantitative estimate of drug-likeness (QED) is 0.507. The van der Waals surface area contributed by atoms with E-state index in [1.807, 2.05) is 46.3 Å². The highest BCUT2D eigenvalue weighted by Crippen LogP contribution is 2.28. The van der Waals surface area contributed by atoms with Gasteiger partial charge in [0.15, 0.2) is 0 Å². The average molecular weight is 428 g/mol. The molecule has 29 heavy (non-hydrogen) atoms. The highest BCUT2D eigenvalue weighted by Gasteiger charge is 2.23. The van der Waals surface area contributed by atoms with Crippen LogP contribution in [0.2, 0.25) is 5.02 Å². The van der Waals surface area contributed by atoms with Crippen molar-refractivity contribution >= 4 is 50.7 Å². The number of thiophene rings is 1. The van der Waals surface area contributed by atoms with Gasteiger partial charge in [0, 0.05) is 18.6 Å². The number of benzene rings is 1. The SMILES string of the molecule is Cc1nn(C)c(C(N)=O)c1NC(=O)c1cc2sccc2n1Cc1ccc(Cl)cc1. The van der Waals surface area contributed by atoms with E-state index in [0.29, 0.717) is 28.6 Å². The third kappa shape index (κ3) is 3.52. The molecule has 3 aromatic heterocycles. The Balaban J connectivity index is 1.73. The Morgan fingerprint density at radius 2 is 1.97 bits per heavy atom. The number of hydrogen-bond donors (Lipinski definition) is 2. The molecule has 3 heterocycles. The molecule has 0 aliphatic rings. The fourth-order valence-corrected chi connectivity index (χ4v) is 4.32. The molecule has 4 rings (SSSR count). The van der Waals surface area contributed by atoms with Crippen LogP contribution in [0.3, 0.4) is 0 Å². The van der Waals surface area contributed by atoms with E-state index in [9.17, 15) is 9.59 Å². The van der Waals surface area contributed by atoms with E-state index in [-0.39, 0.29) is 11.6 Å². The van der Waals surface area contributed by atoms with Gasteiger partial charge in [0.2, 0.25) is 0 Å². The molecule has 0 saturated heterocycles. The summed E-state index contributed by atoms with van der Waals surface area (Å²) in [5.74, 6) is -0.984. The Kier molecular flexibility index (Phi) is 4.89. The van der Waals surface area contributed by atoms with Crippen LogP contribution in [0.1, 0.15) is 32.2 Å². The molecule has 2 amide bonds. The summed E-state index contributed by atoms with van der Waals surface area (Å²) in [4.78, 5) is 25.0. The number of nitrogens with zero attached hydrogens (tertiary/aromatic N) is 3. The maximum absolute atomic E-state index is 13.1. The summed E-state index contributed by atoms with van der Waals surface area (Å²) in [5, 5.41) is 9.66. The van der Waals surface area contributed by atoms with Gasteiger partial charge in [0.05, 0.1) is 21.6 Å². The van der Waals surface area contributed by atoms with E-state index >= 15 is 0 Å². The maximum Gasteiger partial charge on any atom is 0.272 e. The van der Waals surface area contributed by atoms with E-state index in [1.54, 1.807) is 25.3 Å². The number of halogens is 1. The average Bonchev–Trinajstić information content (AvgIpc) is 3.32. The van der Waals surface area contributed by atoms with Crippen molar-refractivity contribution in [2.45, 2.75) is 13.5 Å². The fraction of sp³-hybridized carbons (Fsp3) is 0.150. The third-order valence-corrected chi connectivity index (χ3v) is 5.81. The first kappa shape index (κ1) is 19.2. The first-order chi connectivity index (χ1) is 13.8. The first-order valence-electron chi connectivity index (χ1n) is 8.81. The molecule has 7 nitrogen and oxygen atoms in total. The van der Waals surface area contributed by atoms with Crippen molar-refractivity contribution in [3.8, 4) is 0 Å². The summed E-state index contributed by atoms with van der Waals surface area (Å²) >= 11 is 7.55. The lowest BCUT2D eigenvalue weighted by Crippen LogP contribution is -2.22. The normalized spacial score (nSPS) is 11.1. The van der Waals surface area contributed by atoms with Gasteiger partial charge >= 0.3 is 0 Å². The van der Waals surface area contributed by atoms with Crippen molar-refractivity contribution in [3.05, 3.63) is 69.4 Å². The number of carbonyl (C=O) groups is 2. The highest BCUT2D eigenvalue weighted by atomic mass is 35.5. The van der Waals surface area contributed by atoms with Crippen molar-refractivity contribution in [3.63, 3.8) is 0 Å². The molecule has 3 N–H and O–H groups in total. The van der Waals surface area contributed by atoms with Crippen molar-refractivity contribution in [1.82, 2.24) is 14.3 Å². The monoisotopic (exact) mass is 427 g/mol. The number of nitrogens with two attached hydrogens (primary N) is 1. The van der Waals surface area contributed by atoms with Gasteiger partial charge in [-0.25, -0.2) is 0 Å².